The summed E-state index contributed by atoms with van der Waals surface area (Å²) in [7, 11) is 0. The molecular formula is C13H11ClFNO2. The standard InChI is InChI=1S/C13H11ClFNO2/c1-8-4-9(7-17)5-13(16-8)18-10-2-3-11(14)12(15)6-10/h2-6,17H,7H2,1H3. The molecule has 0 radical (unpaired) electrons. The van der Waals surface area contributed by atoms with Gasteiger partial charge in [0.05, 0.1) is 11.6 Å². The van der Waals surface area contributed by atoms with Crippen molar-refractivity contribution >= 4 is 11.6 Å². The van der Waals surface area contributed by atoms with Gasteiger partial charge in [0.25, 0.3) is 0 Å². The molecule has 1 aromatic carbocycles. The number of nitrogens with zero attached hydrogens (tertiary/aromatic N) is 1. The molecule has 3 nitrogen and oxygen atoms in total. The lowest BCUT2D eigenvalue weighted by molar-refractivity contribution is 0.281. The Hall–Kier alpha value is -1.65. The van der Waals surface area contributed by atoms with Gasteiger partial charge in [-0.1, -0.05) is 11.6 Å². The van der Waals surface area contributed by atoms with Crippen LogP contribution in [0.15, 0.2) is 30.3 Å². The van der Waals surface area contributed by atoms with E-state index in [0.717, 1.165) is 0 Å². The van der Waals surface area contributed by atoms with Crippen LogP contribution >= 0.6 is 11.6 Å². The normalized spacial score (nSPS) is 10.4. The Morgan fingerprint density at radius 1 is 1.33 bits per heavy atom. The van der Waals surface area contributed by atoms with Gasteiger partial charge in [-0.25, -0.2) is 9.37 Å². The van der Waals surface area contributed by atoms with E-state index >= 15 is 0 Å². The van der Waals surface area contributed by atoms with Gasteiger partial charge < -0.3 is 9.84 Å². The van der Waals surface area contributed by atoms with Crippen LogP contribution in [0.2, 0.25) is 5.02 Å². The van der Waals surface area contributed by atoms with Crippen LogP contribution in [0.5, 0.6) is 11.6 Å². The summed E-state index contributed by atoms with van der Waals surface area (Å²) in [5.74, 6) is 0.0591. The van der Waals surface area contributed by atoms with Gasteiger partial charge in [0, 0.05) is 17.8 Å². The van der Waals surface area contributed by atoms with Crippen LogP contribution in [0.4, 0.5) is 4.39 Å². The fraction of sp³-hybridized carbons (Fsp3) is 0.154. The Morgan fingerprint density at radius 3 is 2.78 bits per heavy atom. The first kappa shape index (κ1) is 12.8. The molecule has 0 aliphatic heterocycles. The second-order valence-electron chi connectivity index (χ2n) is 3.79. The molecule has 0 atom stereocenters. The zero-order valence-corrected chi connectivity index (χ0v) is 10.4. The smallest absolute Gasteiger partial charge is 0.219 e. The van der Waals surface area contributed by atoms with E-state index in [1.807, 2.05) is 0 Å². The summed E-state index contributed by atoms with van der Waals surface area (Å²) in [5, 5.41) is 9.11. The number of hydrogen-bond acceptors (Lipinski definition) is 3. The van der Waals surface area contributed by atoms with E-state index in [9.17, 15) is 4.39 Å². The number of hydrogen-bond donors (Lipinski definition) is 1. The van der Waals surface area contributed by atoms with Gasteiger partial charge in [-0.05, 0) is 30.7 Å². The molecule has 0 amide bonds. The number of aryl methyl sites for hydroxylation is 1. The van der Waals surface area contributed by atoms with E-state index in [2.05, 4.69) is 4.98 Å². The summed E-state index contributed by atoms with van der Waals surface area (Å²) < 4.78 is 18.7. The van der Waals surface area contributed by atoms with E-state index < -0.39 is 5.82 Å². The summed E-state index contributed by atoms with van der Waals surface area (Å²) in [5.41, 5.74) is 1.40. The molecular weight excluding hydrogens is 257 g/mol. The van der Waals surface area contributed by atoms with Gasteiger partial charge >= 0.3 is 0 Å². The minimum Gasteiger partial charge on any atom is -0.439 e. The predicted molar refractivity (Wildman–Crippen MR) is 66.4 cm³/mol. The molecule has 0 fully saturated rings. The fourth-order valence-electron chi connectivity index (χ4n) is 1.51. The average Bonchev–Trinajstić information content (AvgIpc) is 2.33. The highest BCUT2D eigenvalue weighted by atomic mass is 35.5. The summed E-state index contributed by atoms with van der Waals surface area (Å²) in [6.45, 7) is 1.68. The first-order valence-electron chi connectivity index (χ1n) is 5.30. The Labute approximate surface area is 109 Å². The third-order valence-corrected chi connectivity index (χ3v) is 2.59. The van der Waals surface area contributed by atoms with E-state index in [1.165, 1.54) is 12.1 Å². The number of aromatic nitrogens is 1. The van der Waals surface area contributed by atoms with Crippen LogP contribution in [0, 0.1) is 12.7 Å². The molecule has 18 heavy (non-hydrogen) atoms. The number of aliphatic hydroxyl groups is 1. The highest BCUT2D eigenvalue weighted by Gasteiger charge is 2.05. The largest absolute Gasteiger partial charge is 0.439 e. The Morgan fingerprint density at radius 2 is 2.11 bits per heavy atom. The number of aliphatic hydroxyl groups excluding tert-OH is 1. The molecule has 2 rings (SSSR count). The topological polar surface area (TPSA) is 42.4 Å². The van der Waals surface area contributed by atoms with Crippen LogP contribution in [-0.2, 0) is 6.61 Å². The third-order valence-electron chi connectivity index (χ3n) is 2.29. The molecule has 0 saturated heterocycles. The van der Waals surface area contributed by atoms with Gasteiger partial charge in [0.15, 0.2) is 0 Å². The molecule has 94 valence electrons. The van der Waals surface area contributed by atoms with E-state index in [0.29, 0.717) is 22.9 Å². The molecule has 5 heteroatoms. The Balaban J connectivity index is 2.27. The van der Waals surface area contributed by atoms with Crippen molar-refractivity contribution in [2.24, 2.45) is 0 Å². The molecule has 0 spiro atoms. The second-order valence-corrected chi connectivity index (χ2v) is 4.20. The van der Waals surface area contributed by atoms with Crippen molar-refractivity contribution in [1.29, 1.82) is 0 Å². The first-order chi connectivity index (χ1) is 8.58. The third kappa shape index (κ3) is 2.97. The van der Waals surface area contributed by atoms with E-state index in [1.54, 1.807) is 25.1 Å². The number of rotatable bonds is 3. The van der Waals surface area contributed by atoms with Crippen LogP contribution < -0.4 is 4.74 Å². The number of halogens is 2. The fourth-order valence-corrected chi connectivity index (χ4v) is 1.63. The molecule has 0 bridgehead atoms. The van der Waals surface area contributed by atoms with Crippen LogP contribution in [-0.4, -0.2) is 10.1 Å². The highest BCUT2D eigenvalue weighted by Crippen LogP contribution is 2.25. The lowest BCUT2D eigenvalue weighted by Gasteiger charge is -2.07. The monoisotopic (exact) mass is 267 g/mol. The molecule has 2 aromatic rings. The molecule has 1 heterocycles. The molecule has 1 N–H and O–H groups in total. The number of benzene rings is 1. The summed E-state index contributed by atoms with van der Waals surface area (Å²) in [6.07, 6.45) is 0. The molecule has 0 saturated carbocycles. The first-order valence-corrected chi connectivity index (χ1v) is 5.67. The van der Waals surface area contributed by atoms with E-state index in [-0.39, 0.29) is 11.6 Å². The van der Waals surface area contributed by atoms with Crippen molar-refractivity contribution in [3.8, 4) is 11.6 Å². The molecule has 0 aliphatic carbocycles. The zero-order chi connectivity index (χ0) is 13.1. The van der Waals surface area contributed by atoms with Crippen molar-refractivity contribution in [1.82, 2.24) is 4.98 Å². The molecule has 0 aliphatic rings. The number of pyridine rings is 1. The summed E-state index contributed by atoms with van der Waals surface area (Å²) in [6, 6.07) is 7.49. The molecule has 0 unspecified atom stereocenters. The lowest BCUT2D eigenvalue weighted by atomic mass is 10.2. The Bertz CT molecular complexity index is 575. The number of ether oxygens (including phenoxy) is 1. The SMILES string of the molecule is Cc1cc(CO)cc(Oc2ccc(Cl)c(F)c2)n1. The predicted octanol–water partition coefficient (Wildman–Crippen LogP) is 3.47. The summed E-state index contributed by atoms with van der Waals surface area (Å²) >= 11 is 5.58. The average molecular weight is 268 g/mol. The highest BCUT2D eigenvalue weighted by molar-refractivity contribution is 6.30. The van der Waals surface area contributed by atoms with Crippen molar-refractivity contribution in [3.05, 3.63) is 52.4 Å². The minimum absolute atomic E-state index is 0.0376. The van der Waals surface area contributed by atoms with Gasteiger partial charge in [-0.15, -0.1) is 0 Å². The van der Waals surface area contributed by atoms with Gasteiger partial charge in [0.1, 0.15) is 11.6 Å². The Kier molecular flexibility index (Phi) is 3.79. The maximum Gasteiger partial charge on any atom is 0.219 e. The van der Waals surface area contributed by atoms with Crippen LogP contribution in [0.25, 0.3) is 0 Å². The maximum absolute atomic E-state index is 13.2. The quantitative estimate of drug-likeness (QED) is 0.926. The van der Waals surface area contributed by atoms with Gasteiger partial charge in [-0.2, -0.15) is 0 Å². The van der Waals surface area contributed by atoms with Crippen LogP contribution in [0.1, 0.15) is 11.3 Å². The maximum atomic E-state index is 13.2. The van der Waals surface area contributed by atoms with Crippen molar-refractivity contribution in [2.45, 2.75) is 13.5 Å². The van der Waals surface area contributed by atoms with Crippen LogP contribution in [0.3, 0.4) is 0 Å². The van der Waals surface area contributed by atoms with E-state index in [4.69, 9.17) is 21.4 Å². The molecule has 1 aromatic heterocycles. The van der Waals surface area contributed by atoms with Crippen molar-refractivity contribution < 1.29 is 14.2 Å². The zero-order valence-electron chi connectivity index (χ0n) is 9.65. The second kappa shape index (κ2) is 5.33. The minimum atomic E-state index is -0.552. The van der Waals surface area contributed by atoms with Gasteiger partial charge in [0.2, 0.25) is 5.88 Å². The lowest BCUT2D eigenvalue weighted by Crippen LogP contribution is -1.94. The summed E-state index contributed by atoms with van der Waals surface area (Å²) in [4.78, 5) is 4.14. The van der Waals surface area contributed by atoms with Crippen molar-refractivity contribution in [2.75, 3.05) is 0 Å². The van der Waals surface area contributed by atoms with Crippen molar-refractivity contribution in [3.63, 3.8) is 0 Å². The van der Waals surface area contributed by atoms with Gasteiger partial charge in [-0.3, -0.25) is 0 Å².